The second kappa shape index (κ2) is 53.1. The summed E-state index contributed by atoms with van der Waals surface area (Å²) < 4.78 is 35.6. The van der Waals surface area contributed by atoms with Crippen LogP contribution in [0.4, 0.5) is 41.9 Å². The fraction of sp³-hybridized carbons (Fsp3) is 0.284. The standard InChI is InChI=1S/C25H31NO6S2.C17H24ClNO4S.C15H15NO2S2.C14H15N3OS2.C8H8O2S.C7H6O2S.CH4O.CH4/c1-24(2,3)31-22(28)26(23(29)32-25(4,5)6)17-13-19(33-8)15-20(14-17)34-18-11-9-16(10-12-18)21(27)30-7;1-16(2,3)22-14(20)19(15(21)23-17(4,5)6)12-8-11(18)9-13(10-12)24-7;1-18-15(17)10-3-5-12(6-4-10)20-14-8-11(16)7-13(9-14)19-2;1-19-12-6-10(15)7-13(8-12)20-11-4-2-9(3-5-11)14(18)17-16;1-10-8(9)6-2-4-7(11)5-3-6;8-7(9)5-1-3-6(10)4-2-5;1-2;/h9-15H,1-8H3;8-10H,1-7H3;3-9H,16H2,1-2H3;2-8H,15-16H2,1H3,(H,17,18);2-5,11H,1H3;1-4,10H,(H,8,9);2H,1H3;1H4. The van der Waals surface area contributed by atoms with Gasteiger partial charge in [-0.1, -0.05) is 54.3 Å². The van der Waals surface area contributed by atoms with E-state index in [-0.39, 0.29) is 30.8 Å². The van der Waals surface area contributed by atoms with Crippen molar-refractivity contribution in [1.29, 1.82) is 0 Å². The second-order valence-electron chi connectivity index (χ2n) is 28.4. The first kappa shape index (κ1) is 109. The van der Waals surface area contributed by atoms with E-state index in [0.717, 1.165) is 87.0 Å². The summed E-state index contributed by atoms with van der Waals surface area (Å²) in [4.78, 5) is 120. The fourth-order valence-corrected chi connectivity index (χ4v) is 14.6. The first-order chi connectivity index (χ1) is 56.7. The SMILES string of the molecule is C.CO.COC(=O)c1ccc(S)cc1.COC(=O)c1ccc(Sc2cc(N)cc(SC)c2)cc1.COC(=O)c1ccc(Sc2cc(SC)cc(N(C(=O)OC(C)(C)C)C(=O)OC(C)(C)C)c2)cc1.CSc1cc(Cl)cc(N(C(=O)OC(C)(C)C)C(=O)OC(C)(C)C)c1.CSc1cc(N)cc(Sc2ccc(C(=O)NN)cc2)c1.O=C(O)c1ccc(S)cc1. The number of halogens is 1. The van der Waals surface area contributed by atoms with Crippen molar-refractivity contribution in [3.05, 3.63) is 227 Å². The van der Waals surface area contributed by atoms with Crippen LogP contribution in [0.15, 0.2) is 253 Å². The minimum absolute atomic E-state index is 0. The highest BCUT2D eigenvalue weighted by molar-refractivity contribution is 8.00. The Balaban J connectivity index is 0.000000513. The van der Waals surface area contributed by atoms with E-state index in [9.17, 15) is 43.2 Å². The Labute approximate surface area is 761 Å². The van der Waals surface area contributed by atoms with Gasteiger partial charge in [-0.15, -0.1) is 72.3 Å². The topological polar surface area (TPSA) is 355 Å². The Morgan fingerprint density at radius 2 is 0.598 bits per heavy atom. The van der Waals surface area contributed by atoms with Gasteiger partial charge in [0.25, 0.3) is 5.91 Å². The molecule has 0 atom stereocenters. The number of hydrogen-bond donors (Lipinski definition) is 8. The highest BCUT2D eigenvalue weighted by Gasteiger charge is 2.35. The zero-order valence-electron chi connectivity index (χ0n) is 70.7. The maximum Gasteiger partial charge on any atom is 0.424 e. The van der Waals surface area contributed by atoms with Gasteiger partial charge in [0, 0.05) is 87.8 Å². The minimum Gasteiger partial charge on any atom is -0.478 e. The number of anilines is 4. The molecule has 0 aromatic heterocycles. The smallest absolute Gasteiger partial charge is 0.424 e. The molecule has 0 aliphatic carbocycles. The Morgan fingerprint density at radius 3 is 0.869 bits per heavy atom. The average Bonchev–Trinajstić information content (AvgIpc) is 0.809. The number of methoxy groups -OCH3 is 3. The molecular formula is C88H107ClN6O18S9. The number of carboxylic acid groups (broad SMARTS) is 1. The van der Waals surface area contributed by atoms with Crippen LogP contribution >= 0.6 is 119 Å². The number of nitrogen functional groups attached to an aromatic ring is 3. The van der Waals surface area contributed by atoms with E-state index in [1.54, 1.807) is 227 Å². The molecule has 9 N–H and O–H groups in total. The van der Waals surface area contributed by atoms with Crippen LogP contribution in [0.25, 0.3) is 0 Å². The van der Waals surface area contributed by atoms with Gasteiger partial charge >= 0.3 is 48.3 Å². The molecule has 122 heavy (non-hydrogen) atoms. The predicted octanol–water partition coefficient (Wildman–Crippen LogP) is 23.1. The van der Waals surface area contributed by atoms with Crippen molar-refractivity contribution < 1.29 is 86.5 Å². The summed E-state index contributed by atoms with van der Waals surface area (Å²) in [5, 5.41) is 15.9. The molecule has 0 unspecified atom stereocenters. The Bertz CT molecular complexity index is 4750. The molecule has 0 heterocycles. The first-order valence-electron chi connectivity index (χ1n) is 36.0. The number of carbonyl (C=O) groups excluding carboxylic acids is 8. The summed E-state index contributed by atoms with van der Waals surface area (Å²) in [5.41, 5.74) is 15.3. The van der Waals surface area contributed by atoms with Gasteiger partial charge in [-0.25, -0.2) is 44.2 Å². The number of hydrogen-bond acceptors (Lipinski definition) is 29. The molecule has 0 saturated carbocycles. The number of imide groups is 2. The lowest BCUT2D eigenvalue weighted by Gasteiger charge is -2.29. The molecule has 0 bridgehead atoms. The van der Waals surface area contributed by atoms with E-state index in [1.165, 1.54) is 74.8 Å². The third kappa shape index (κ3) is 40.8. The van der Waals surface area contributed by atoms with Crippen LogP contribution in [-0.2, 0) is 33.2 Å². The highest BCUT2D eigenvalue weighted by Crippen LogP contribution is 2.38. The molecule has 0 aliphatic rings. The normalized spacial score (nSPS) is 10.6. The summed E-state index contributed by atoms with van der Waals surface area (Å²) in [6.45, 7) is 20.7. The van der Waals surface area contributed by atoms with E-state index in [1.807, 2.05) is 91.8 Å². The van der Waals surface area contributed by atoms with Crippen molar-refractivity contribution >= 4 is 196 Å². The molecule has 9 aromatic rings. The summed E-state index contributed by atoms with van der Waals surface area (Å²) in [5.74, 6) is 2.83. The van der Waals surface area contributed by atoms with Crippen LogP contribution in [0.2, 0.25) is 5.02 Å². The van der Waals surface area contributed by atoms with Crippen LogP contribution in [0.1, 0.15) is 142 Å². The van der Waals surface area contributed by atoms with E-state index in [0.29, 0.717) is 38.7 Å². The van der Waals surface area contributed by atoms with Crippen molar-refractivity contribution in [2.75, 3.05) is 74.7 Å². The van der Waals surface area contributed by atoms with Crippen molar-refractivity contribution in [3.8, 4) is 0 Å². The number of nitrogens with zero attached hydrogens (tertiary/aromatic N) is 2. The largest absolute Gasteiger partial charge is 0.478 e. The van der Waals surface area contributed by atoms with Gasteiger partial charge in [-0.3, -0.25) is 10.2 Å². The second-order valence-corrected chi connectivity index (χ2v) is 36.8. The Morgan fingerprint density at radius 1 is 0.361 bits per heavy atom. The average molecular weight is 1860 g/mol. The monoisotopic (exact) mass is 1860 g/mol. The summed E-state index contributed by atoms with van der Waals surface area (Å²) in [6.07, 6.45) is 4.55. The van der Waals surface area contributed by atoms with E-state index in [2.05, 4.69) is 52.3 Å². The first-order valence-corrected chi connectivity index (χ1v) is 44.7. The fourth-order valence-electron chi connectivity index (χ4n) is 9.04. The number of thioether (sulfide) groups is 4. The number of hydrazine groups is 1. The molecular weight excluding hydrogens is 1750 g/mol. The van der Waals surface area contributed by atoms with Gasteiger partial charge in [0.05, 0.1) is 55.0 Å². The lowest BCUT2D eigenvalue weighted by atomic mass is 10.2. The van der Waals surface area contributed by atoms with E-state index < -0.39 is 58.7 Å². The molecule has 0 aliphatic heterocycles. The van der Waals surface area contributed by atoms with Gasteiger partial charge in [0.1, 0.15) is 22.4 Å². The number of aliphatic hydroxyl groups excluding tert-OH is 1. The number of esters is 3. The van der Waals surface area contributed by atoms with Gasteiger partial charge < -0.3 is 54.8 Å². The summed E-state index contributed by atoms with van der Waals surface area (Å²) in [6, 6.07) is 57.1. The molecule has 9 aromatic carbocycles. The molecule has 0 fully saturated rings. The molecule has 9 rings (SSSR count). The van der Waals surface area contributed by atoms with Crippen LogP contribution in [-0.4, -0.2) is 140 Å². The number of thiol groups is 2. The van der Waals surface area contributed by atoms with Crippen LogP contribution in [0.5, 0.6) is 0 Å². The molecule has 5 amide bonds. The predicted molar refractivity (Wildman–Crippen MR) is 503 cm³/mol. The number of benzene rings is 9. The van der Waals surface area contributed by atoms with Crippen molar-refractivity contribution in [2.24, 2.45) is 5.84 Å². The molecule has 0 radical (unpaired) electrons. The maximum atomic E-state index is 13.0. The van der Waals surface area contributed by atoms with E-state index >= 15 is 0 Å². The van der Waals surface area contributed by atoms with Crippen LogP contribution in [0.3, 0.4) is 0 Å². The summed E-state index contributed by atoms with van der Waals surface area (Å²) in [7, 11) is 5.07. The van der Waals surface area contributed by atoms with Crippen molar-refractivity contribution in [3.63, 3.8) is 0 Å². The van der Waals surface area contributed by atoms with Crippen LogP contribution in [0, 0.1) is 0 Å². The Hall–Kier alpha value is -9.23. The number of carbonyl (C=O) groups is 9. The van der Waals surface area contributed by atoms with Gasteiger partial charge in [-0.05, 0) is 302 Å². The number of nitrogens with one attached hydrogen (secondary N) is 1. The quantitative estimate of drug-likeness (QED) is 0.00613. The van der Waals surface area contributed by atoms with Crippen molar-refractivity contribution in [1.82, 2.24) is 5.43 Å². The van der Waals surface area contributed by atoms with E-state index in [4.69, 9.17) is 62.8 Å². The molecule has 24 nitrogen and oxygen atoms in total. The number of carboxylic acids is 1. The van der Waals surface area contributed by atoms with Gasteiger partial charge in [0.2, 0.25) is 0 Å². The zero-order valence-corrected chi connectivity index (χ0v) is 78.9. The molecule has 0 spiro atoms. The van der Waals surface area contributed by atoms with Crippen molar-refractivity contribution in [2.45, 2.75) is 172 Å². The lowest BCUT2D eigenvalue weighted by molar-refractivity contribution is 0.0408. The molecule has 0 saturated heterocycles. The highest BCUT2D eigenvalue weighted by atomic mass is 35.5. The number of nitrogens with two attached hydrogens (primary N) is 3. The maximum absolute atomic E-state index is 13.0. The van der Waals surface area contributed by atoms with Gasteiger partial charge in [0.15, 0.2) is 0 Å². The number of amides is 5. The number of aliphatic hydroxyl groups is 1. The lowest BCUT2D eigenvalue weighted by Crippen LogP contribution is -2.43. The van der Waals surface area contributed by atoms with Crippen LogP contribution < -0.4 is 32.5 Å². The number of rotatable bonds is 17. The minimum atomic E-state index is -0.909. The number of ether oxygens (including phenoxy) is 7. The van der Waals surface area contributed by atoms with Gasteiger partial charge in [-0.2, -0.15) is 9.80 Å². The molecule has 34 heteroatoms. The zero-order chi connectivity index (χ0) is 91.3. The Kier molecular flexibility index (Phi) is 47.3. The number of aromatic carboxylic acids is 1. The summed E-state index contributed by atoms with van der Waals surface area (Å²) >= 11 is 25.1. The third-order valence-electron chi connectivity index (χ3n) is 14.2. The molecule has 658 valence electrons. The third-order valence-corrected chi connectivity index (χ3v) is 20.8.